The molecule has 6 heteroatoms. The number of carbonyl (C=O) groups is 4. The summed E-state index contributed by atoms with van der Waals surface area (Å²) in [5.74, 6) is -3.10. The predicted molar refractivity (Wildman–Crippen MR) is 62.7 cm³/mol. The molecule has 1 unspecified atom stereocenters. The molecule has 0 aromatic carbocycles. The first kappa shape index (κ1) is 13.8. The third-order valence-electron chi connectivity index (χ3n) is 2.48. The number of imide groups is 3. The fourth-order valence-electron chi connectivity index (χ4n) is 1.67. The molecule has 6 nitrogen and oxygen atoms in total. The van der Waals surface area contributed by atoms with Gasteiger partial charge < -0.3 is 5.32 Å². The molecule has 0 saturated heterocycles. The molecule has 1 rings (SSSR count). The fourth-order valence-corrected chi connectivity index (χ4v) is 1.67. The van der Waals surface area contributed by atoms with Crippen molar-refractivity contribution in [1.29, 1.82) is 0 Å². The first-order valence-corrected chi connectivity index (χ1v) is 5.35. The van der Waals surface area contributed by atoms with Gasteiger partial charge >= 0.3 is 0 Å². The predicted octanol–water partition coefficient (Wildman–Crippen LogP) is 0.114. The number of ketones is 1. The summed E-state index contributed by atoms with van der Waals surface area (Å²) in [4.78, 5) is 46.6. The fraction of sp³-hybridized carbons (Fsp3) is 0.333. The minimum atomic E-state index is -0.771. The van der Waals surface area contributed by atoms with E-state index in [1.807, 2.05) is 0 Å². The molecule has 1 N–H and O–H groups in total. The average Bonchev–Trinajstić information content (AvgIpc) is 2.27. The van der Waals surface area contributed by atoms with Gasteiger partial charge in [0.05, 0.1) is 5.92 Å². The van der Waals surface area contributed by atoms with Crippen LogP contribution in [0, 0.1) is 5.92 Å². The molecule has 96 valence electrons. The quantitative estimate of drug-likeness (QED) is 0.752. The van der Waals surface area contributed by atoms with E-state index in [0.717, 1.165) is 13.8 Å². The molecule has 0 spiro atoms. The topological polar surface area (TPSA) is 83.6 Å². The minimum Gasteiger partial charge on any atom is -0.367 e. The van der Waals surface area contributed by atoms with Gasteiger partial charge in [0.15, 0.2) is 0 Å². The monoisotopic (exact) mass is 250 g/mol. The van der Waals surface area contributed by atoms with Gasteiger partial charge in [-0.25, -0.2) is 4.90 Å². The van der Waals surface area contributed by atoms with Gasteiger partial charge in [-0.3, -0.25) is 19.2 Å². The Labute approximate surface area is 104 Å². The first-order valence-electron chi connectivity index (χ1n) is 5.35. The largest absolute Gasteiger partial charge is 0.367 e. The highest BCUT2D eigenvalue weighted by Gasteiger charge is 2.32. The number of carbonyl (C=O) groups excluding carboxylic acids is 4. The van der Waals surface area contributed by atoms with E-state index >= 15 is 0 Å². The summed E-state index contributed by atoms with van der Waals surface area (Å²) in [6.07, 6.45) is 4.36. The minimum absolute atomic E-state index is 0.0791. The van der Waals surface area contributed by atoms with Crippen molar-refractivity contribution in [2.24, 2.45) is 5.92 Å². The molecule has 0 aliphatic carbocycles. The Morgan fingerprint density at radius 1 is 1.11 bits per heavy atom. The third-order valence-corrected chi connectivity index (χ3v) is 2.48. The number of rotatable bonds is 2. The number of nitrogens with one attached hydrogen (secondary N) is 1. The van der Waals surface area contributed by atoms with Gasteiger partial charge in [0.2, 0.25) is 11.8 Å². The number of nitrogens with zero attached hydrogens (tertiary/aromatic N) is 1. The second-order valence-corrected chi connectivity index (χ2v) is 3.89. The molecule has 1 atom stereocenters. The maximum absolute atomic E-state index is 12.1. The Hall–Kier alpha value is -2.24. The summed E-state index contributed by atoms with van der Waals surface area (Å²) >= 11 is 0. The van der Waals surface area contributed by atoms with E-state index in [9.17, 15) is 19.2 Å². The molecule has 1 aliphatic rings. The molecule has 0 bridgehead atoms. The van der Waals surface area contributed by atoms with Gasteiger partial charge in [0.25, 0.3) is 5.91 Å². The van der Waals surface area contributed by atoms with Gasteiger partial charge in [0.1, 0.15) is 5.78 Å². The van der Waals surface area contributed by atoms with Crippen LogP contribution in [0.5, 0.6) is 0 Å². The summed E-state index contributed by atoms with van der Waals surface area (Å²) in [6, 6.07) is 0. The van der Waals surface area contributed by atoms with Crippen LogP contribution >= 0.6 is 0 Å². The Bertz CT molecular complexity index is 462. The van der Waals surface area contributed by atoms with Crippen LogP contribution in [0.3, 0.4) is 0 Å². The van der Waals surface area contributed by atoms with Gasteiger partial charge in [-0.15, -0.1) is 0 Å². The number of hydrogen-bond donors (Lipinski definition) is 1. The highest BCUT2D eigenvalue weighted by atomic mass is 16.2. The molecule has 0 radical (unpaired) electrons. The molecule has 0 aromatic heterocycles. The lowest BCUT2D eigenvalue weighted by Crippen LogP contribution is -2.42. The van der Waals surface area contributed by atoms with Crippen molar-refractivity contribution in [3.63, 3.8) is 0 Å². The van der Waals surface area contributed by atoms with Crippen molar-refractivity contribution in [1.82, 2.24) is 10.2 Å². The summed E-state index contributed by atoms with van der Waals surface area (Å²) < 4.78 is 0. The molecule has 0 fully saturated rings. The Morgan fingerprint density at radius 3 is 2.11 bits per heavy atom. The summed E-state index contributed by atoms with van der Waals surface area (Å²) in [6.45, 7) is 3.58. The smallest absolute Gasteiger partial charge is 0.265 e. The van der Waals surface area contributed by atoms with Crippen LogP contribution in [0.2, 0.25) is 0 Å². The maximum Gasteiger partial charge on any atom is 0.265 e. The maximum atomic E-state index is 12.1. The summed E-state index contributed by atoms with van der Waals surface area (Å²) in [7, 11) is 0. The number of dihydropyridines is 1. The van der Waals surface area contributed by atoms with Crippen molar-refractivity contribution >= 4 is 23.5 Å². The van der Waals surface area contributed by atoms with E-state index in [1.165, 1.54) is 25.4 Å². The summed E-state index contributed by atoms with van der Waals surface area (Å²) in [5, 5.41) is 2.67. The molecule has 18 heavy (non-hydrogen) atoms. The second kappa shape index (κ2) is 5.39. The molecule has 3 amide bonds. The lowest BCUT2D eigenvalue weighted by atomic mass is 9.93. The van der Waals surface area contributed by atoms with E-state index in [0.29, 0.717) is 4.90 Å². The highest BCUT2D eigenvalue weighted by Crippen LogP contribution is 2.19. The standard InChI is InChI=1S/C12H14N2O4/c1-7(15)10-4-5-13-6-11(10)12(18)14(8(2)16)9(3)17/h4-6,10,13H,1-3H3. The van der Waals surface area contributed by atoms with Crippen LogP contribution in [0.1, 0.15) is 20.8 Å². The van der Waals surface area contributed by atoms with Crippen LogP contribution < -0.4 is 5.32 Å². The second-order valence-electron chi connectivity index (χ2n) is 3.89. The van der Waals surface area contributed by atoms with Crippen LogP contribution in [0.25, 0.3) is 0 Å². The van der Waals surface area contributed by atoms with Gasteiger partial charge in [-0.2, -0.15) is 0 Å². The Balaban J connectivity index is 3.08. The molecule has 0 saturated carbocycles. The van der Waals surface area contributed by atoms with Gasteiger partial charge in [-0.05, 0) is 13.1 Å². The normalized spacial score (nSPS) is 17.5. The lowest BCUT2D eigenvalue weighted by molar-refractivity contribution is -0.150. The van der Waals surface area contributed by atoms with Crippen LogP contribution in [0.15, 0.2) is 24.0 Å². The van der Waals surface area contributed by atoms with E-state index in [1.54, 1.807) is 0 Å². The number of amides is 3. The van der Waals surface area contributed by atoms with Crippen molar-refractivity contribution in [2.75, 3.05) is 0 Å². The molecule has 0 aromatic rings. The molecule has 1 heterocycles. The third kappa shape index (κ3) is 2.71. The Morgan fingerprint density at radius 2 is 1.67 bits per heavy atom. The van der Waals surface area contributed by atoms with Crippen LogP contribution in [0.4, 0.5) is 0 Å². The summed E-state index contributed by atoms with van der Waals surface area (Å²) in [5.41, 5.74) is 0.0791. The average molecular weight is 250 g/mol. The SMILES string of the molecule is CC(=O)C1C=CNC=C1C(=O)N(C(C)=O)C(C)=O. The number of Topliss-reactive ketones (excluding diaryl/α,β-unsaturated/α-hetero) is 1. The van der Waals surface area contributed by atoms with E-state index in [2.05, 4.69) is 5.32 Å². The molecular weight excluding hydrogens is 236 g/mol. The van der Waals surface area contributed by atoms with E-state index in [-0.39, 0.29) is 11.4 Å². The van der Waals surface area contributed by atoms with Gasteiger partial charge in [0, 0.05) is 25.6 Å². The first-order chi connectivity index (χ1) is 8.36. The zero-order valence-corrected chi connectivity index (χ0v) is 10.4. The van der Waals surface area contributed by atoms with E-state index < -0.39 is 23.6 Å². The van der Waals surface area contributed by atoms with Crippen molar-refractivity contribution < 1.29 is 19.2 Å². The van der Waals surface area contributed by atoms with Crippen LogP contribution in [-0.2, 0) is 19.2 Å². The van der Waals surface area contributed by atoms with E-state index in [4.69, 9.17) is 0 Å². The van der Waals surface area contributed by atoms with Crippen molar-refractivity contribution in [2.45, 2.75) is 20.8 Å². The lowest BCUT2D eigenvalue weighted by Gasteiger charge is -2.22. The molecule has 1 aliphatic heterocycles. The number of allylic oxidation sites excluding steroid dienone is 1. The zero-order chi connectivity index (χ0) is 13.9. The van der Waals surface area contributed by atoms with Crippen molar-refractivity contribution in [3.8, 4) is 0 Å². The molecular formula is C12H14N2O4. The number of hydrogen-bond acceptors (Lipinski definition) is 5. The van der Waals surface area contributed by atoms with Crippen LogP contribution in [-0.4, -0.2) is 28.4 Å². The Kier molecular flexibility index (Phi) is 4.14. The highest BCUT2D eigenvalue weighted by molar-refractivity contribution is 6.16. The zero-order valence-electron chi connectivity index (χ0n) is 10.4. The van der Waals surface area contributed by atoms with Gasteiger partial charge in [-0.1, -0.05) is 6.08 Å². The van der Waals surface area contributed by atoms with Crippen molar-refractivity contribution in [3.05, 3.63) is 24.0 Å².